The predicted octanol–water partition coefficient (Wildman–Crippen LogP) is 5.73. The zero-order valence-corrected chi connectivity index (χ0v) is 14.3. The molecule has 0 saturated heterocycles. The molecular formula is C22H24N2. The molecule has 0 spiro atoms. The van der Waals surface area contributed by atoms with E-state index in [0.29, 0.717) is 0 Å². The van der Waals surface area contributed by atoms with Crippen LogP contribution in [0.15, 0.2) is 60.7 Å². The molecule has 2 heteroatoms. The predicted molar refractivity (Wildman–Crippen MR) is 97.3 cm³/mol. The molecule has 0 bridgehead atoms. The van der Waals surface area contributed by atoms with Gasteiger partial charge in [0.15, 0.2) is 5.41 Å². The third kappa shape index (κ3) is 3.84. The van der Waals surface area contributed by atoms with Crippen LogP contribution in [0.5, 0.6) is 0 Å². The average Bonchev–Trinajstić information content (AvgIpc) is 2.66. The van der Waals surface area contributed by atoms with Gasteiger partial charge >= 0.3 is 0 Å². The van der Waals surface area contributed by atoms with E-state index < -0.39 is 5.41 Å². The van der Waals surface area contributed by atoms with Gasteiger partial charge in [-0.05, 0) is 17.5 Å². The Morgan fingerprint density at radius 2 is 1.42 bits per heavy atom. The fourth-order valence-corrected chi connectivity index (χ4v) is 3.31. The molecule has 2 aromatic rings. The van der Waals surface area contributed by atoms with Gasteiger partial charge in [0.1, 0.15) is 0 Å². The molecule has 0 amide bonds. The maximum absolute atomic E-state index is 9.99. The second-order valence-electron chi connectivity index (χ2n) is 6.21. The zero-order valence-electron chi connectivity index (χ0n) is 14.3. The summed E-state index contributed by atoms with van der Waals surface area (Å²) in [6.07, 6.45) is 5.39. The van der Waals surface area contributed by atoms with E-state index in [0.717, 1.165) is 30.4 Å². The van der Waals surface area contributed by atoms with Crippen molar-refractivity contribution in [2.24, 2.45) is 0 Å². The molecular weight excluding hydrogens is 292 g/mol. The van der Waals surface area contributed by atoms with E-state index in [1.54, 1.807) is 0 Å². The van der Waals surface area contributed by atoms with E-state index in [4.69, 9.17) is 0 Å². The summed E-state index contributed by atoms with van der Waals surface area (Å²) in [4.78, 5) is 0. The van der Waals surface area contributed by atoms with Gasteiger partial charge in [0.2, 0.25) is 0 Å². The first-order valence-corrected chi connectivity index (χ1v) is 8.71. The van der Waals surface area contributed by atoms with Gasteiger partial charge in [-0.3, -0.25) is 0 Å². The molecule has 0 fully saturated rings. The summed E-state index contributed by atoms with van der Waals surface area (Å²) in [5.41, 5.74) is 0.717. The van der Waals surface area contributed by atoms with Crippen LogP contribution in [0.2, 0.25) is 0 Å². The Bertz CT molecular complexity index is 678. The van der Waals surface area contributed by atoms with Crippen LogP contribution in [0.1, 0.15) is 56.1 Å². The lowest BCUT2D eigenvalue weighted by molar-refractivity contribution is 0.467. The smallest absolute Gasteiger partial charge is 0.175 e. The van der Waals surface area contributed by atoms with Crippen molar-refractivity contribution in [3.63, 3.8) is 0 Å². The van der Waals surface area contributed by atoms with Crippen molar-refractivity contribution in [3.8, 4) is 12.1 Å². The van der Waals surface area contributed by atoms with Crippen molar-refractivity contribution in [2.75, 3.05) is 0 Å². The van der Waals surface area contributed by atoms with Crippen LogP contribution in [0.25, 0.3) is 0 Å². The highest BCUT2D eigenvalue weighted by atomic mass is 14.5. The van der Waals surface area contributed by atoms with Crippen molar-refractivity contribution in [3.05, 3.63) is 71.8 Å². The lowest BCUT2D eigenvalue weighted by Crippen LogP contribution is -2.31. The number of unbranched alkanes of at least 4 members (excludes halogenated alkanes) is 3. The molecule has 0 radical (unpaired) electrons. The van der Waals surface area contributed by atoms with E-state index in [-0.39, 0.29) is 5.92 Å². The molecule has 0 aromatic heterocycles. The Morgan fingerprint density at radius 1 is 0.833 bits per heavy atom. The third-order valence-corrected chi connectivity index (χ3v) is 4.65. The minimum absolute atomic E-state index is 0.118. The summed E-state index contributed by atoms with van der Waals surface area (Å²) in [6, 6.07) is 24.3. The third-order valence-electron chi connectivity index (χ3n) is 4.65. The second-order valence-corrected chi connectivity index (χ2v) is 6.21. The minimum Gasteiger partial charge on any atom is -0.196 e. The summed E-state index contributed by atoms with van der Waals surface area (Å²) in [5, 5.41) is 20.0. The molecule has 1 unspecified atom stereocenters. The Labute approximate surface area is 145 Å². The summed E-state index contributed by atoms with van der Waals surface area (Å²) >= 11 is 0. The lowest BCUT2D eigenvalue weighted by atomic mass is 9.67. The van der Waals surface area contributed by atoms with Gasteiger partial charge in [-0.25, -0.2) is 0 Å². The van der Waals surface area contributed by atoms with Gasteiger partial charge in [-0.1, -0.05) is 93.3 Å². The largest absolute Gasteiger partial charge is 0.196 e. The Hall–Kier alpha value is -2.58. The van der Waals surface area contributed by atoms with Crippen molar-refractivity contribution in [2.45, 2.75) is 50.4 Å². The SMILES string of the molecule is CCCCCCC(c1ccccc1)C(C#N)(C#N)c1ccccc1. The lowest BCUT2D eigenvalue weighted by Gasteiger charge is -2.30. The molecule has 1 atom stereocenters. The second kappa shape index (κ2) is 8.90. The molecule has 24 heavy (non-hydrogen) atoms. The highest BCUT2D eigenvalue weighted by Gasteiger charge is 2.41. The van der Waals surface area contributed by atoms with Crippen LogP contribution < -0.4 is 0 Å². The first kappa shape index (κ1) is 17.8. The van der Waals surface area contributed by atoms with Crippen LogP contribution >= 0.6 is 0 Å². The number of nitrogens with zero attached hydrogens (tertiary/aromatic N) is 2. The zero-order chi connectivity index (χ0) is 17.3. The number of hydrogen-bond acceptors (Lipinski definition) is 2. The van der Waals surface area contributed by atoms with E-state index in [2.05, 4.69) is 19.1 Å². The number of benzene rings is 2. The average molecular weight is 316 g/mol. The van der Waals surface area contributed by atoms with Gasteiger partial charge in [-0.2, -0.15) is 10.5 Å². The van der Waals surface area contributed by atoms with Crippen molar-refractivity contribution < 1.29 is 0 Å². The van der Waals surface area contributed by atoms with E-state index in [1.165, 1.54) is 12.8 Å². The molecule has 2 aromatic carbocycles. The molecule has 2 nitrogen and oxygen atoms in total. The van der Waals surface area contributed by atoms with E-state index >= 15 is 0 Å². The Kier molecular flexibility index (Phi) is 6.59. The van der Waals surface area contributed by atoms with Gasteiger partial charge in [-0.15, -0.1) is 0 Å². The van der Waals surface area contributed by atoms with Crippen LogP contribution in [0, 0.1) is 22.7 Å². The first-order chi connectivity index (χ1) is 11.8. The molecule has 2 rings (SSSR count). The quantitative estimate of drug-likeness (QED) is 0.584. The minimum atomic E-state index is -1.14. The molecule has 0 aliphatic carbocycles. The Morgan fingerprint density at radius 3 is 1.96 bits per heavy atom. The highest BCUT2D eigenvalue weighted by molar-refractivity contribution is 5.46. The topological polar surface area (TPSA) is 47.6 Å². The van der Waals surface area contributed by atoms with Gasteiger partial charge in [0.05, 0.1) is 12.1 Å². The van der Waals surface area contributed by atoms with Crippen LogP contribution in [-0.4, -0.2) is 0 Å². The summed E-state index contributed by atoms with van der Waals surface area (Å²) in [6.45, 7) is 2.19. The summed E-state index contributed by atoms with van der Waals surface area (Å²) in [5.74, 6) is -0.118. The number of nitriles is 2. The molecule has 0 N–H and O–H groups in total. The number of rotatable bonds is 8. The fraction of sp³-hybridized carbons (Fsp3) is 0.364. The van der Waals surface area contributed by atoms with Crippen molar-refractivity contribution in [1.29, 1.82) is 10.5 Å². The van der Waals surface area contributed by atoms with Crippen molar-refractivity contribution in [1.82, 2.24) is 0 Å². The number of hydrogen-bond donors (Lipinski definition) is 0. The van der Waals surface area contributed by atoms with Crippen LogP contribution in [-0.2, 0) is 5.41 Å². The highest BCUT2D eigenvalue weighted by Crippen LogP contribution is 2.41. The monoisotopic (exact) mass is 316 g/mol. The Balaban J connectivity index is 2.43. The van der Waals surface area contributed by atoms with Gasteiger partial charge < -0.3 is 0 Å². The first-order valence-electron chi connectivity index (χ1n) is 8.71. The molecule has 0 aliphatic heterocycles. The molecule has 0 heterocycles. The molecule has 0 saturated carbocycles. The maximum Gasteiger partial charge on any atom is 0.175 e. The summed E-state index contributed by atoms with van der Waals surface area (Å²) in [7, 11) is 0. The maximum atomic E-state index is 9.99. The normalized spacial score (nSPS) is 12.1. The summed E-state index contributed by atoms with van der Waals surface area (Å²) < 4.78 is 0. The van der Waals surface area contributed by atoms with Crippen LogP contribution in [0.3, 0.4) is 0 Å². The van der Waals surface area contributed by atoms with Crippen molar-refractivity contribution >= 4 is 0 Å². The fourth-order valence-electron chi connectivity index (χ4n) is 3.31. The van der Waals surface area contributed by atoms with Gasteiger partial charge in [0.25, 0.3) is 0 Å². The van der Waals surface area contributed by atoms with Gasteiger partial charge in [0, 0.05) is 5.92 Å². The van der Waals surface area contributed by atoms with Crippen LogP contribution in [0.4, 0.5) is 0 Å². The molecule has 122 valence electrons. The molecule has 0 aliphatic rings. The van der Waals surface area contributed by atoms with E-state index in [1.807, 2.05) is 60.7 Å². The standard InChI is InChI=1S/C22H24N2/c1-2-3-4-11-16-21(19-12-7-5-8-13-19)22(17-23,18-24)20-14-9-6-10-15-20/h5-10,12-15,21H,2-4,11,16H2,1H3. The van der Waals surface area contributed by atoms with E-state index in [9.17, 15) is 10.5 Å².